The van der Waals surface area contributed by atoms with E-state index in [-0.39, 0.29) is 18.2 Å². The van der Waals surface area contributed by atoms with Crippen LogP contribution < -0.4 is 5.73 Å². The maximum Gasteiger partial charge on any atom is 0.128 e. The van der Waals surface area contributed by atoms with Gasteiger partial charge in [0, 0.05) is 12.1 Å². The fraction of sp³-hybridized carbons (Fsp3) is 0.0769. The van der Waals surface area contributed by atoms with E-state index in [1.807, 2.05) is 0 Å². The van der Waals surface area contributed by atoms with Crippen molar-refractivity contribution in [2.75, 3.05) is 0 Å². The molecule has 0 aliphatic rings. The first kappa shape index (κ1) is 10.8. The van der Waals surface area contributed by atoms with E-state index in [0.717, 1.165) is 0 Å². The van der Waals surface area contributed by atoms with Crippen molar-refractivity contribution < 1.29 is 8.78 Å². The first-order valence-corrected chi connectivity index (χ1v) is 4.95. The van der Waals surface area contributed by atoms with Gasteiger partial charge in [-0.05, 0) is 29.3 Å². The molecule has 3 heteroatoms. The highest BCUT2D eigenvalue weighted by atomic mass is 19.1. The molecule has 2 aromatic carbocycles. The van der Waals surface area contributed by atoms with Crippen LogP contribution in [0.4, 0.5) is 8.78 Å². The summed E-state index contributed by atoms with van der Waals surface area (Å²) in [5.74, 6) is -0.690. The average Bonchev–Trinajstić information content (AvgIpc) is 2.29. The standard InChI is InChI=1S/C13H11F2N/c14-12-3-1-2-9(6-12)10-4-5-11(8-16)13(15)7-10/h1-7H,8,16H2. The van der Waals surface area contributed by atoms with E-state index in [0.29, 0.717) is 16.7 Å². The molecule has 0 aromatic heterocycles. The monoisotopic (exact) mass is 219 g/mol. The van der Waals surface area contributed by atoms with Crippen LogP contribution in [0.3, 0.4) is 0 Å². The third kappa shape index (κ3) is 2.09. The van der Waals surface area contributed by atoms with Crippen LogP contribution in [-0.4, -0.2) is 0 Å². The lowest BCUT2D eigenvalue weighted by atomic mass is 10.0. The minimum Gasteiger partial charge on any atom is -0.326 e. The third-order valence-electron chi connectivity index (χ3n) is 2.43. The van der Waals surface area contributed by atoms with Crippen molar-refractivity contribution in [3.63, 3.8) is 0 Å². The average molecular weight is 219 g/mol. The molecule has 0 saturated carbocycles. The lowest BCUT2D eigenvalue weighted by Gasteiger charge is -2.04. The van der Waals surface area contributed by atoms with Gasteiger partial charge in [0.1, 0.15) is 11.6 Å². The predicted molar refractivity (Wildman–Crippen MR) is 59.7 cm³/mol. The molecule has 0 aliphatic heterocycles. The second-order valence-corrected chi connectivity index (χ2v) is 3.52. The molecule has 82 valence electrons. The molecular formula is C13H11F2N. The Hall–Kier alpha value is -1.74. The minimum absolute atomic E-state index is 0.162. The van der Waals surface area contributed by atoms with E-state index in [1.54, 1.807) is 24.3 Å². The van der Waals surface area contributed by atoms with Gasteiger partial charge in [0.2, 0.25) is 0 Å². The van der Waals surface area contributed by atoms with Crippen LogP contribution in [0.1, 0.15) is 5.56 Å². The first-order chi connectivity index (χ1) is 7.70. The van der Waals surface area contributed by atoms with Crippen LogP contribution in [0.15, 0.2) is 42.5 Å². The number of benzene rings is 2. The Morgan fingerprint density at radius 3 is 2.31 bits per heavy atom. The quantitative estimate of drug-likeness (QED) is 0.825. The normalized spacial score (nSPS) is 10.4. The summed E-state index contributed by atoms with van der Waals surface area (Å²) in [6.45, 7) is 0.162. The van der Waals surface area contributed by atoms with Crippen LogP contribution in [0.25, 0.3) is 11.1 Å². The summed E-state index contributed by atoms with van der Waals surface area (Å²) in [4.78, 5) is 0. The Labute approximate surface area is 92.5 Å². The van der Waals surface area contributed by atoms with E-state index in [4.69, 9.17) is 5.73 Å². The molecule has 0 amide bonds. The Bertz CT molecular complexity index is 509. The van der Waals surface area contributed by atoms with Gasteiger partial charge in [0.25, 0.3) is 0 Å². The van der Waals surface area contributed by atoms with E-state index in [9.17, 15) is 8.78 Å². The van der Waals surface area contributed by atoms with Gasteiger partial charge in [0.05, 0.1) is 0 Å². The van der Waals surface area contributed by atoms with Gasteiger partial charge < -0.3 is 5.73 Å². The second-order valence-electron chi connectivity index (χ2n) is 3.52. The molecule has 0 bridgehead atoms. The summed E-state index contributed by atoms with van der Waals surface area (Å²) < 4.78 is 26.4. The number of nitrogens with two attached hydrogens (primary N) is 1. The van der Waals surface area contributed by atoms with Gasteiger partial charge in [0.15, 0.2) is 0 Å². The molecular weight excluding hydrogens is 208 g/mol. The Morgan fingerprint density at radius 2 is 1.69 bits per heavy atom. The highest BCUT2D eigenvalue weighted by molar-refractivity contribution is 5.63. The lowest BCUT2D eigenvalue weighted by Crippen LogP contribution is -1.99. The predicted octanol–water partition coefficient (Wildman–Crippen LogP) is 3.09. The van der Waals surface area contributed by atoms with Crippen molar-refractivity contribution in [1.29, 1.82) is 0 Å². The molecule has 0 fully saturated rings. The highest BCUT2D eigenvalue weighted by Crippen LogP contribution is 2.22. The fourth-order valence-electron chi connectivity index (χ4n) is 1.56. The lowest BCUT2D eigenvalue weighted by molar-refractivity contribution is 0.611. The van der Waals surface area contributed by atoms with Gasteiger partial charge in [-0.15, -0.1) is 0 Å². The smallest absolute Gasteiger partial charge is 0.128 e. The summed E-state index contributed by atoms with van der Waals surface area (Å²) in [7, 11) is 0. The van der Waals surface area contributed by atoms with Crippen molar-refractivity contribution in [3.05, 3.63) is 59.7 Å². The molecule has 0 aliphatic carbocycles. The van der Waals surface area contributed by atoms with Crippen molar-refractivity contribution in [3.8, 4) is 11.1 Å². The van der Waals surface area contributed by atoms with Crippen molar-refractivity contribution in [2.24, 2.45) is 5.73 Å². The van der Waals surface area contributed by atoms with Crippen molar-refractivity contribution in [1.82, 2.24) is 0 Å². The van der Waals surface area contributed by atoms with E-state index >= 15 is 0 Å². The zero-order chi connectivity index (χ0) is 11.5. The van der Waals surface area contributed by atoms with Gasteiger partial charge in [-0.2, -0.15) is 0 Å². The molecule has 16 heavy (non-hydrogen) atoms. The summed E-state index contributed by atoms with van der Waals surface area (Å²) in [5, 5.41) is 0. The molecule has 0 unspecified atom stereocenters. The zero-order valence-electron chi connectivity index (χ0n) is 8.58. The van der Waals surface area contributed by atoms with E-state index < -0.39 is 0 Å². The summed E-state index contributed by atoms with van der Waals surface area (Å²) in [6.07, 6.45) is 0. The molecule has 2 aromatic rings. The zero-order valence-corrected chi connectivity index (χ0v) is 8.58. The van der Waals surface area contributed by atoms with Gasteiger partial charge in [-0.25, -0.2) is 8.78 Å². The third-order valence-corrected chi connectivity index (χ3v) is 2.43. The van der Waals surface area contributed by atoms with E-state index in [1.165, 1.54) is 18.2 Å². The van der Waals surface area contributed by atoms with Crippen molar-refractivity contribution in [2.45, 2.75) is 6.54 Å². The molecule has 2 rings (SSSR count). The van der Waals surface area contributed by atoms with Gasteiger partial charge in [-0.3, -0.25) is 0 Å². The maximum atomic E-state index is 13.5. The Balaban J connectivity index is 2.45. The highest BCUT2D eigenvalue weighted by Gasteiger charge is 2.04. The summed E-state index contributed by atoms with van der Waals surface area (Å²) >= 11 is 0. The topological polar surface area (TPSA) is 26.0 Å². The van der Waals surface area contributed by atoms with Gasteiger partial charge >= 0.3 is 0 Å². The van der Waals surface area contributed by atoms with Crippen LogP contribution >= 0.6 is 0 Å². The summed E-state index contributed by atoms with van der Waals surface area (Å²) in [5.41, 5.74) is 7.12. The summed E-state index contributed by atoms with van der Waals surface area (Å²) in [6, 6.07) is 10.8. The Kier molecular flexibility index (Phi) is 2.97. The molecule has 0 spiro atoms. The number of halogens is 2. The van der Waals surface area contributed by atoms with Crippen molar-refractivity contribution >= 4 is 0 Å². The molecule has 0 atom stereocenters. The van der Waals surface area contributed by atoms with Crippen LogP contribution in [0.2, 0.25) is 0 Å². The Morgan fingerprint density at radius 1 is 0.938 bits per heavy atom. The first-order valence-electron chi connectivity index (χ1n) is 4.95. The van der Waals surface area contributed by atoms with Crippen LogP contribution in [-0.2, 0) is 6.54 Å². The number of rotatable bonds is 2. The second kappa shape index (κ2) is 4.41. The van der Waals surface area contributed by atoms with Crippen LogP contribution in [0.5, 0.6) is 0 Å². The number of hydrogen-bond donors (Lipinski definition) is 1. The molecule has 1 nitrogen and oxygen atoms in total. The molecule has 2 N–H and O–H groups in total. The molecule has 0 heterocycles. The molecule has 0 saturated heterocycles. The molecule has 0 radical (unpaired) electrons. The number of hydrogen-bond acceptors (Lipinski definition) is 1. The van der Waals surface area contributed by atoms with Crippen LogP contribution in [0, 0.1) is 11.6 Å². The minimum atomic E-state index is -0.357. The SMILES string of the molecule is NCc1ccc(-c2cccc(F)c2)cc1F. The van der Waals surface area contributed by atoms with Gasteiger partial charge in [-0.1, -0.05) is 24.3 Å². The largest absolute Gasteiger partial charge is 0.326 e. The fourth-order valence-corrected chi connectivity index (χ4v) is 1.56. The van der Waals surface area contributed by atoms with E-state index in [2.05, 4.69) is 0 Å². The maximum absolute atomic E-state index is 13.5.